The Bertz CT molecular complexity index is 6650. The minimum absolute atomic E-state index is 0.115. The zero-order chi connectivity index (χ0) is 98.7. The third-order valence-corrected chi connectivity index (χ3v) is 25.0. The van der Waals surface area contributed by atoms with Crippen LogP contribution in [0, 0.1) is 107 Å². The van der Waals surface area contributed by atoms with Crippen molar-refractivity contribution in [3.8, 4) is 86.3 Å². The molecule has 696 valence electrons. The SMILES string of the molecule is C=CC(=O)N1CCN(c2c(C#N)c(=O)n(-c3c(C)ccnc3C(C)C)c3nc(-c4c(F)c(F)c(F)c(O)c4Cl)c(Cl)cc23)CC1.C=CC(=O)N1CCN(c2c(C#N)c(=O)n(-c3c(C)ccnc3C(C)C)c3nc(-c4c(F)c(F)c(F)c(O)c4Cl)c(Cl)cc23)CC1.C=CC(=O)N1CCN(c2c(C#N)c(=O)n(-c3c(C)ccnc3C(C)C)c3nc(-c4c(F)c(F)c(F)c(O)c4Cl)c(Cl)cc23)CC1. The number of fused-ring (bicyclic) bond motifs is 3. The van der Waals surface area contributed by atoms with E-state index in [1.54, 1.807) is 87.0 Å². The van der Waals surface area contributed by atoms with E-state index >= 15 is 13.2 Å². The molecule has 15 rings (SSSR count). The van der Waals surface area contributed by atoms with Crippen LogP contribution >= 0.6 is 69.6 Å². The minimum Gasteiger partial charge on any atom is -0.504 e. The second kappa shape index (κ2) is 39.4. The first-order valence-corrected chi connectivity index (χ1v) is 43.4. The standard InChI is InChI=1S/3C31H25Cl2F3N6O3/c3*1-5-19(43)40-8-10-41(11-9-40)28-16-12-18(32)26(20-21(33)29(44)24(36)23(35)22(20)34)39-30(16)42(31(45)17(28)13-37)27-15(4)6-7-38-25(27)14(2)3/h3*5-7,12,14,44H,1,8-11H2,2-4H3. The van der Waals surface area contributed by atoms with Crippen LogP contribution in [0.3, 0.4) is 0 Å². The quantitative estimate of drug-likeness (QED) is 0.0371. The number of amides is 3. The number of pyridine rings is 9. The number of carbonyl (C=O) groups excluding carboxylic acids is 3. The molecule has 3 amide bonds. The summed E-state index contributed by atoms with van der Waals surface area (Å²) < 4.78 is 135. The Morgan fingerprint density at radius 3 is 0.800 bits per heavy atom. The Morgan fingerprint density at radius 1 is 0.378 bits per heavy atom. The lowest BCUT2D eigenvalue weighted by Crippen LogP contribution is -2.49. The monoisotopic (exact) mass is 1970 g/mol. The molecule has 3 N–H and O–H groups in total. The van der Waals surface area contributed by atoms with E-state index in [4.69, 9.17) is 69.6 Å². The average molecular weight is 1970 g/mol. The van der Waals surface area contributed by atoms with Crippen molar-refractivity contribution in [2.45, 2.75) is 80.1 Å². The smallest absolute Gasteiger partial charge is 0.276 e. The number of carbonyl (C=O) groups is 3. The van der Waals surface area contributed by atoms with Gasteiger partial charge in [0, 0.05) is 113 Å². The Hall–Kier alpha value is -13.8. The molecule has 0 spiro atoms. The Morgan fingerprint density at radius 2 is 0.600 bits per heavy atom. The van der Waals surface area contributed by atoms with E-state index in [-0.39, 0.29) is 196 Å². The fourth-order valence-electron chi connectivity index (χ4n) is 16.4. The number of benzene rings is 3. The lowest BCUT2D eigenvalue weighted by Gasteiger charge is -2.36. The number of hydrogen-bond acceptors (Lipinski definition) is 21. The lowest BCUT2D eigenvalue weighted by molar-refractivity contribution is -0.127. The van der Waals surface area contributed by atoms with E-state index in [1.807, 2.05) is 59.8 Å². The molecule has 3 aliphatic heterocycles. The molecule has 0 unspecified atom stereocenters. The summed E-state index contributed by atoms with van der Waals surface area (Å²) in [4.78, 5) is 116. The maximum atomic E-state index is 15.2. The van der Waals surface area contributed by atoms with Crippen molar-refractivity contribution >= 4 is 137 Å². The fourth-order valence-corrected chi connectivity index (χ4v) is 17.9. The highest BCUT2D eigenvalue weighted by Gasteiger charge is 2.39. The van der Waals surface area contributed by atoms with Crippen LogP contribution in [0.15, 0.2) is 107 Å². The number of phenolic OH excluding ortho intramolecular Hbond substituents is 3. The van der Waals surface area contributed by atoms with E-state index in [9.17, 15) is 86.2 Å². The molecule has 3 aromatic carbocycles. The summed E-state index contributed by atoms with van der Waals surface area (Å²) in [6, 6.07) is 15.0. The summed E-state index contributed by atoms with van der Waals surface area (Å²) in [5.74, 6) is -22.4. The molecule has 3 aliphatic rings. The highest BCUT2D eigenvalue weighted by molar-refractivity contribution is 6.39. The van der Waals surface area contributed by atoms with E-state index in [0.29, 0.717) is 50.8 Å². The van der Waals surface area contributed by atoms with Gasteiger partial charge in [-0.2, -0.15) is 29.0 Å². The molecule has 12 heterocycles. The van der Waals surface area contributed by atoms with Gasteiger partial charge in [-0.25, -0.2) is 41.3 Å². The molecule has 3 fully saturated rings. The van der Waals surface area contributed by atoms with Crippen molar-refractivity contribution in [1.82, 2.24) is 58.3 Å². The molecule has 0 bridgehead atoms. The van der Waals surface area contributed by atoms with Crippen LogP contribution < -0.4 is 31.4 Å². The predicted molar refractivity (Wildman–Crippen MR) is 494 cm³/mol. The van der Waals surface area contributed by atoms with Gasteiger partial charge >= 0.3 is 0 Å². The Balaban J connectivity index is 0.000000171. The first-order valence-electron chi connectivity index (χ1n) is 41.1. The van der Waals surface area contributed by atoms with Gasteiger partial charge in [-0.3, -0.25) is 57.4 Å². The number of phenols is 3. The van der Waals surface area contributed by atoms with Crippen molar-refractivity contribution in [1.29, 1.82) is 15.8 Å². The second-order valence-electron chi connectivity index (χ2n) is 32.0. The first-order chi connectivity index (χ1) is 64.0. The van der Waals surface area contributed by atoms with Gasteiger partial charge in [0.2, 0.25) is 35.2 Å². The van der Waals surface area contributed by atoms with Gasteiger partial charge < -0.3 is 44.7 Å². The number of aromatic nitrogens is 9. The molecule has 135 heavy (non-hydrogen) atoms. The maximum absolute atomic E-state index is 15.2. The van der Waals surface area contributed by atoms with Gasteiger partial charge in [-0.05, 0) is 110 Å². The second-order valence-corrected chi connectivity index (χ2v) is 34.4. The maximum Gasteiger partial charge on any atom is 0.276 e. The Labute approximate surface area is 792 Å². The van der Waals surface area contributed by atoms with Gasteiger partial charge in [-0.15, -0.1) is 0 Å². The van der Waals surface area contributed by atoms with E-state index in [1.165, 1.54) is 36.4 Å². The highest BCUT2D eigenvalue weighted by Crippen LogP contribution is 2.50. The summed E-state index contributed by atoms with van der Waals surface area (Å²) >= 11 is 38.2. The topological polar surface area (TPSA) is 346 Å². The van der Waals surface area contributed by atoms with Crippen molar-refractivity contribution < 1.29 is 69.2 Å². The highest BCUT2D eigenvalue weighted by atomic mass is 35.5. The minimum atomic E-state index is -2.00. The number of rotatable bonds is 15. The summed E-state index contributed by atoms with van der Waals surface area (Å²) in [5.41, 5.74) is -2.64. The van der Waals surface area contributed by atoms with Gasteiger partial charge in [-0.1, -0.05) is 131 Å². The molecule has 27 nitrogen and oxygen atoms in total. The number of aromatic hydroxyl groups is 3. The predicted octanol–water partition coefficient (Wildman–Crippen LogP) is 18.0. The summed E-state index contributed by atoms with van der Waals surface area (Å²) in [6.07, 6.45) is 8.29. The molecule has 0 atom stereocenters. The molecule has 3 saturated heterocycles. The van der Waals surface area contributed by atoms with E-state index < -0.39 is 135 Å². The number of nitrogens with zero attached hydrogens (tertiary/aromatic N) is 18. The number of anilines is 3. The molecular formula is C93H75Cl6F9N18O9. The lowest BCUT2D eigenvalue weighted by atomic mass is 10.0. The van der Waals surface area contributed by atoms with Gasteiger partial charge in [0.1, 0.15) is 51.8 Å². The molecular weight excluding hydrogens is 1900 g/mol. The number of halogens is 15. The summed E-state index contributed by atoms with van der Waals surface area (Å²) in [5, 5.41) is 58.4. The first kappa shape index (κ1) is 98.7. The summed E-state index contributed by atoms with van der Waals surface area (Å²) in [6.45, 7) is 29.8. The van der Waals surface area contributed by atoms with Crippen molar-refractivity contribution in [2.75, 3.05) is 93.2 Å². The third-order valence-electron chi connectivity index (χ3n) is 23.0. The van der Waals surface area contributed by atoms with Crippen LogP contribution in [-0.4, -0.2) is 170 Å². The third kappa shape index (κ3) is 17.5. The van der Waals surface area contributed by atoms with Crippen LogP contribution in [-0.2, 0) is 14.4 Å². The van der Waals surface area contributed by atoms with Crippen LogP contribution in [0.5, 0.6) is 17.2 Å². The molecule has 9 aromatic heterocycles. The molecule has 0 radical (unpaired) electrons. The zero-order valence-corrected chi connectivity index (χ0v) is 77.3. The fraction of sp³-hybridized carbons (Fsp3) is 0.258. The van der Waals surface area contributed by atoms with Crippen molar-refractivity contribution in [2.24, 2.45) is 0 Å². The van der Waals surface area contributed by atoms with E-state index in [2.05, 4.69) is 49.6 Å². The normalized spacial score (nSPS) is 13.4. The van der Waals surface area contributed by atoms with Crippen LogP contribution in [0.2, 0.25) is 30.1 Å². The zero-order valence-electron chi connectivity index (χ0n) is 72.8. The number of piperazine rings is 3. The largest absolute Gasteiger partial charge is 0.504 e. The number of nitriles is 3. The van der Waals surface area contributed by atoms with Crippen LogP contribution in [0.25, 0.3) is 83.9 Å². The van der Waals surface area contributed by atoms with E-state index in [0.717, 1.165) is 13.7 Å². The van der Waals surface area contributed by atoms with Crippen molar-refractivity contribution in [3.63, 3.8) is 0 Å². The van der Waals surface area contributed by atoms with Gasteiger partial charge in [0.15, 0.2) is 52.2 Å². The molecule has 0 aliphatic carbocycles. The molecule has 12 aromatic rings. The van der Waals surface area contributed by atoms with Crippen molar-refractivity contribution in [3.05, 3.63) is 257 Å². The molecule has 0 saturated carbocycles. The van der Waals surface area contributed by atoms with Gasteiger partial charge in [0.05, 0.1) is 115 Å². The van der Waals surface area contributed by atoms with Gasteiger partial charge in [0.25, 0.3) is 16.7 Å². The van der Waals surface area contributed by atoms with Crippen LogP contribution in [0.4, 0.5) is 56.6 Å². The molecule has 42 heteroatoms. The van der Waals surface area contributed by atoms with Crippen LogP contribution in [0.1, 0.15) is 110 Å². The Kier molecular flexibility index (Phi) is 28.8. The average Bonchev–Trinajstić information content (AvgIpc) is 0.728. The number of aryl methyl sites for hydroxylation is 3. The summed E-state index contributed by atoms with van der Waals surface area (Å²) in [7, 11) is 0. The number of hydrogen-bond donors (Lipinski definition) is 3.